The van der Waals surface area contributed by atoms with Crippen LogP contribution < -0.4 is 0 Å². The summed E-state index contributed by atoms with van der Waals surface area (Å²) in [6, 6.07) is 0. The van der Waals surface area contributed by atoms with Gasteiger partial charge in [-0.15, -0.1) is 0 Å². The van der Waals surface area contributed by atoms with Gasteiger partial charge in [-0.2, -0.15) is 0 Å². The van der Waals surface area contributed by atoms with Crippen LogP contribution in [-0.4, -0.2) is 102 Å². The summed E-state index contributed by atoms with van der Waals surface area (Å²) in [6.07, 6.45) is 14.5. The molecule has 60 heavy (non-hydrogen) atoms. The number of oxazole rings is 3. The number of aliphatic hydroxyl groups is 1. The molecule has 3 aromatic heterocycles. The lowest BCUT2D eigenvalue weighted by Gasteiger charge is -2.31. The zero-order valence-electron chi connectivity index (χ0n) is 35.9. The Kier molecular flexibility index (Phi) is 18.8. The molecule has 0 aromatic carbocycles. The highest BCUT2D eigenvalue weighted by molar-refractivity contribution is 5.92. The van der Waals surface area contributed by atoms with Gasteiger partial charge in [0.2, 0.25) is 24.1 Å². The molecule has 16 heteroatoms. The fraction of sp³-hybridized carbons (Fsp3) is 0.568. The first-order chi connectivity index (χ1) is 28.8. The molecule has 9 unspecified atom stereocenters. The van der Waals surface area contributed by atoms with Crippen molar-refractivity contribution < 1.29 is 56.5 Å². The van der Waals surface area contributed by atoms with Crippen LogP contribution in [0.3, 0.4) is 0 Å². The van der Waals surface area contributed by atoms with Gasteiger partial charge >= 0.3 is 5.97 Å². The van der Waals surface area contributed by atoms with E-state index in [0.717, 1.165) is 0 Å². The molecule has 1 aliphatic heterocycles. The Morgan fingerprint density at radius 1 is 0.967 bits per heavy atom. The molecule has 0 aliphatic carbocycles. The highest BCUT2D eigenvalue weighted by Crippen LogP contribution is 2.31. The number of aliphatic hydroxyl groups excluding tert-OH is 1. The van der Waals surface area contributed by atoms with Crippen LogP contribution in [-0.2, 0) is 38.1 Å². The van der Waals surface area contributed by atoms with Gasteiger partial charge in [-0.3, -0.25) is 19.2 Å². The number of amides is 1. The third-order valence-electron chi connectivity index (χ3n) is 11.0. The highest BCUT2D eigenvalue weighted by atomic mass is 16.5. The minimum Gasteiger partial charge on any atom is -0.462 e. The normalized spacial score (nSPS) is 23.0. The summed E-state index contributed by atoms with van der Waals surface area (Å²) in [4.78, 5) is 65.5. The Bertz CT molecular complexity index is 1910. The average Bonchev–Trinajstić information content (AvgIpc) is 4.03. The Labute approximate surface area is 351 Å². The molecule has 4 heterocycles. The van der Waals surface area contributed by atoms with Crippen molar-refractivity contribution in [3.05, 3.63) is 60.9 Å². The van der Waals surface area contributed by atoms with Crippen molar-refractivity contribution in [3.63, 3.8) is 0 Å². The summed E-state index contributed by atoms with van der Waals surface area (Å²) in [5, 5.41) is 10.8. The molecule has 9 atom stereocenters. The maximum atomic E-state index is 13.3. The lowest BCUT2D eigenvalue weighted by molar-refractivity contribution is -0.156. The van der Waals surface area contributed by atoms with Crippen molar-refractivity contribution in [1.82, 2.24) is 19.9 Å². The number of Topliss-reactive ketones (excluding diaryl/α,β-unsaturated/α-hetero) is 1. The fourth-order valence-corrected chi connectivity index (χ4v) is 7.01. The van der Waals surface area contributed by atoms with Crippen LogP contribution in [0.15, 0.2) is 62.5 Å². The van der Waals surface area contributed by atoms with Crippen molar-refractivity contribution in [3.8, 4) is 23.2 Å². The molecule has 0 radical (unpaired) electrons. The average molecular weight is 837 g/mol. The standard InChI is InChI=1S/C44H60N4O12/c1-27-13-9-10-17-40-45-33(24-57-40)43-47-34(25-59-43)44-46-32(23-58-44)42(56-8)30(4)35(51)15-11-14-31(50)21-41(53)60-39(27)22-38(55-7)28(2)18-19-36(52)29(3)37(54-6)16-12-20-48(5)26-49/h10-12,15,17,20,23-31,37-39,42,50H,9,13-14,16,18-19,21-22H2,1-8H3. The minimum absolute atomic E-state index is 0.0431. The van der Waals surface area contributed by atoms with Crippen molar-refractivity contribution in [2.75, 3.05) is 28.4 Å². The monoisotopic (exact) mass is 836 g/mol. The van der Waals surface area contributed by atoms with Gasteiger partial charge in [0.05, 0.1) is 30.7 Å². The predicted octanol–water partition coefficient (Wildman–Crippen LogP) is 6.96. The smallest absolute Gasteiger partial charge is 0.308 e. The van der Waals surface area contributed by atoms with Crippen LogP contribution in [0.25, 0.3) is 29.2 Å². The number of esters is 1. The number of carbonyl (C=O) groups excluding carboxylic acids is 4. The molecule has 4 rings (SSSR count). The van der Waals surface area contributed by atoms with Crippen molar-refractivity contribution >= 4 is 30.0 Å². The maximum Gasteiger partial charge on any atom is 0.308 e. The van der Waals surface area contributed by atoms with E-state index in [4.69, 9.17) is 32.2 Å². The molecule has 1 aliphatic rings. The summed E-state index contributed by atoms with van der Waals surface area (Å²) in [5.41, 5.74) is 1.07. The number of carbonyl (C=O) groups is 4. The molecule has 16 nitrogen and oxygen atoms in total. The first kappa shape index (κ1) is 47.6. The number of methoxy groups -OCH3 is 3. The lowest BCUT2D eigenvalue weighted by Crippen LogP contribution is -2.34. The van der Waals surface area contributed by atoms with Crippen LogP contribution in [0.4, 0.5) is 0 Å². The second-order valence-electron chi connectivity index (χ2n) is 15.5. The van der Waals surface area contributed by atoms with Gasteiger partial charge in [0.15, 0.2) is 17.2 Å². The number of hydrogen-bond donors (Lipinski definition) is 1. The predicted molar refractivity (Wildman–Crippen MR) is 219 cm³/mol. The molecule has 0 saturated carbocycles. The molecule has 1 N–H and O–H groups in total. The van der Waals surface area contributed by atoms with Gasteiger partial charge < -0.3 is 42.2 Å². The number of ether oxygens (including phenoxy) is 4. The van der Waals surface area contributed by atoms with Gasteiger partial charge in [0.1, 0.15) is 42.5 Å². The van der Waals surface area contributed by atoms with Crippen LogP contribution in [0, 0.1) is 23.7 Å². The summed E-state index contributed by atoms with van der Waals surface area (Å²) >= 11 is 0. The quantitative estimate of drug-likeness (QED) is 0.121. The molecule has 0 fully saturated rings. The number of fused-ring (bicyclic) bond motifs is 8. The zero-order valence-corrected chi connectivity index (χ0v) is 35.9. The number of allylic oxidation sites excluding steroid dienone is 2. The number of nitrogens with zero attached hydrogens (tertiary/aromatic N) is 4. The molecule has 1 amide bonds. The Hall–Kier alpha value is -5.03. The number of rotatable bonds is 15. The lowest BCUT2D eigenvalue weighted by atomic mass is 9.86. The van der Waals surface area contributed by atoms with Gasteiger partial charge in [-0.25, -0.2) is 15.0 Å². The summed E-state index contributed by atoms with van der Waals surface area (Å²) in [5.74, 6) is -1.32. The third kappa shape index (κ3) is 13.8. The highest BCUT2D eigenvalue weighted by Gasteiger charge is 2.31. The van der Waals surface area contributed by atoms with Gasteiger partial charge in [0, 0.05) is 53.3 Å². The second kappa shape index (κ2) is 23.7. The Morgan fingerprint density at radius 2 is 1.67 bits per heavy atom. The minimum atomic E-state index is -1.10. The van der Waals surface area contributed by atoms with E-state index in [2.05, 4.69) is 15.0 Å². The van der Waals surface area contributed by atoms with Crippen LogP contribution in [0.2, 0.25) is 0 Å². The van der Waals surface area contributed by atoms with Crippen molar-refractivity contribution in [1.29, 1.82) is 0 Å². The van der Waals surface area contributed by atoms with Crippen LogP contribution >= 0.6 is 0 Å². The number of hydrogen-bond acceptors (Lipinski definition) is 15. The summed E-state index contributed by atoms with van der Waals surface area (Å²) < 4.78 is 40.2. The molecular weight excluding hydrogens is 776 g/mol. The van der Waals surface area contributed by atoms with E-state index in [1.807, 2.05) is 26.8 Å². The van der Waals surface area contributed by atoms with Crippen molar-refractivity contribution in [2.24, 2.45) is 23.7 Å². The van der Waals surface area contributed by atoms with E-state index in [9.17, 15) is 24.3 Å². The van der Waals surface area contributed by atoms with E-state index in [1.165, 1.54) is 43.0 Å². The Morgan fingerprint density at radius 3 is 2.38 bits per heavy atom. The fourth-order valence-electron chi connectivity index (χ4n) is 7.01. The summed E-state index contributed by atoms with van der Waals surface area (Å²) in [7, 11) is 6.27. The van der Waals surface area contributed by atoms with Crippen LogP contribution in [0.5, 0.6) is 0 Å². The molecule has 6 bridgehead atoms. The molecular formula is C44H60N4O12. The van der Waals surface area contributed by atoms with E-state index in [1.54, 1.807) is 46.5 Å². The Balaban J connectivity index is 1.48. The largest absolute Gasteiger partial charge is 0.462 e. The zero-order chi connectivity index (χ0) is 43.8. The van der Waals surface area contributed by atoms with E-state index in [-0.39, 0.29) is 66.2 Å². The third-order valence-corrected chi connectivity index (χ3v) is 11.0. The molecule has 328 valence electrons. The van der Waals surface area contributed by atoms with E-state index < -0.39 is 30.2 Å². The van der Waals surface area contributed by atoms with E-state index in [0.29, 0.717) is 67.9 Å². The molecule has 0 spiro atoms. The SMILES string of the molecule is COC(CC1OC(=O)CC(O)CC=CC(=O)C(C)C(OC)c2coc(n2)-c2coc(n2)-c2coc(n2)C=CCCC1C)C(C)CCC(=O)C(C)C(CC=CN(C)C=O)OC. The summed E-state index contributed by atoms with van der Waals surface area (Å²) in [6.45, 7) is 7.54. The topological polar surface area (TPSA) is 207 Å². The van der Waals surface area contributed by atoms with Gasteiger partial charge in [0.25, 0.3) is 0 Å². The second-order valence-corrected chi connectivity index (χ2v) is 15.5. The van der Waals surface area contributed by atoms with E-state index >= 15 is 0 Å². The number of aromatic nitrogens is 3. The van der Waals surface area contributed by atoms with Crippen LogP contribution in [0.1, 0.15) is 96.8 Å². The van der Waals surface area contributed by atoms with Gasteiger partial charge in [-0.1, -0.05) is 45.9 Å². The first-order valence-electron chi connectivity index (χ1n) is 20.3. The first-order valence-corrected chi connectivity index (χ1v) is 20.3. The van der Waals surface area contributed by atoms with Gasteiger partial charge in [-0.05, 0) is 56.1 Å². The number of cyclic esters (lactones) is 1. The number of ketones is 2. The maximum absolute atomic E-state index is 13.3. The van der Waals surface area contributed by atoms with Crippen molar-refractivity contribution in [2.45, 2.75) is 110 Å². The molecule has 0 saturated heterocycles. The molecule has 3 aromatic rings.